The first-order valence-corrected chi connectivity index (χ1v) is 22.4. The number of nitrogens with zero attached hydrogens (tertiary/aromatic N) is 6. The number of nitriles is 1. The summed E-state index contributed by atoms with van der Waals surface area (Å²) >= 11 is 0. The van der Waals surface area contributed by atoms with E-state index in [9.17, 15) is 34.3 Å². The van der Waals surface area contributed by atoms with Crippen LogP contribution in [0.4, 0.5) is 0 Å². The number of likely N-dealkylation sites (tertiary alicyclic amines) is 1. The van der Waals surface area contributed by atoms with Gasteiger partial charge < -0.3 is 29.5 Å². The number of likely N-dealkylation sites (N-methyl/N-ethyl adjacent to an activating group) is 1. The molecule has 4 atom stereocenters. The maximum Gasteiger partial charge on any atom is 0.324 e. The fraction of sp³-hybridized carbons (Fsp3) is 0.460. The van der Waals surface area contributed by atoms with Gasteiger partial charge in [-0.3, -0.25) is 34.0 Å². The lowest BCUT2D eigenvalue weighted by atomic mass is 9.84. The Kier molecular flexibility index (Phi) is 13.2. The minimum absolute atomic E-state index is 0.0391. The molecular weight excluding hydrogens is 825 g/mol. The number of fused-ring (bicyclic) bond motifs is 6. The van der Waals surface area contributed by atoms with Gasteiger partial charge >= 0.3 is 5.97 Å². The number of hydrogen-bond acceptors (Lipinski definition) is 10. The van der Waals surface area contributed by atoms with Gasteiger partial charge in [-0.25, -0.2) is 5.43 Å². The number of ether oxygens (including phenoxy) is 1. The predicted molar refractivity (Wildman–Crippen MR) is 245 cm³/mol. The van der Waals surface area contributed by atoms with Crippen molar-refractivity contribution < 1.29 is 33.8 Å². The van der Waals surface area contributed by atoms with Crippen molar-refractivity contribution in [3.05, 3.63) is 84.7 Å². The van der Waals surface area contributed by atoms with Crippen LogP contribution in [0, 0.1) is 28.6 Å². The van der Waals surface area contributed by atoms with Crippen molar-refractivity contribution in [1.82, 2.24) is 35.1 Å². The fourth-order valence-corrected chi connectivity index (χ4v) is 9.64. The molecule has 0 unspecified atom stereocenters. The summed E-state index contributed by atoms with van der Waals surface area (Å²) in [7, 11) is 1.57. The number of hydrogen-bond donors (Lipinski definition) is 3. The summed E-state index contributed by atoms with van der Waals surface area (Å²) in [5, 5.41) is 27.1. The summed E-state index contributed by atoms with van der Waals surface area (Å²) in [4.78, 5) is 76.7. The minimum atomic E-state index is -1.19. The Bertz CT molecular complexity index is 2560. The van der Waals surface area contributed by atoms with Gasteiger partial charge in [-0.2, -0.15) is 5.26 Å². The number of aromatic nitrogens is 2. The second-order valence-corrected chi connectivity index (χ2v) is 19.3. The van der Waals surface area contributed by atoms with Gasteiger partial charge in [0.25, 0.3) is 5.91 Å². The number of carbonyl (C=O) groups excluding carboxylic acids is 5. The minimum Gasteiger partial charge on any atom is -0.508 e. The van der Waals surface area contributed by atoms with E-state index in [1.54, 1.807) is 36.5 Å². The summed E-state index contributed by atoms with van der Waals surface area (Å²) in [6.07, 6.45) is 6.47. The lowest BCUT2D eigenvalue weighted by Crippen LogP contribution is -2.62. The second kappa shape index (κ2) is 18.5. The summed E-state index contributed by atoms with van der Waals surface area (Å²) in [6, 6.07) is 14.4. The highest BCUT2D eigenvalue weighted by molar-refractivity contribution is 5.96. The average Bonchev–Trinajstić information content (AvgIpc) is 3.90. The molecule has 65 heavy (non-hydrogen) atoms. The SMILES string of the molecule is C=CC(=O)N1CC[C@H](C(=O)N(C)[C@H](C(=O)N[C@H]2Cc3cc(O)cc(c3)-c3ccc4c(c3)c(c(-c3cccnc3)n4C(C)(C)C#N)CC(C)(C)COC(=O)[C@@H]3CCCN(N3)C2=O)C(C)C)C1. The highest BCUT2D eigenvalue weighted by Gasteiger charge is 2.40. The first-order chi connectivity index (χ1) is 30.8. The molecule has 15 heteroatoms. The fourth-order valence-electron chi connectivity index (χ4n) is 9.64. The first kappa shape index (κ1) is 46.5. The molecule has 3 aliphatic rings. The Morgan fingerprint density at radius 1 is 1.09 bits per heavy atom. The number of benzene rings is 2. The van der Waals surface area contributed by atoms with Gasteiger partial charge in [0.15, 0.2) is 0 Å². The number of amides is 4. The van der Waals surface area contributed by atoms with Crippen LogP contribution in [0.15, 0.2) is 73.6 Å². The Morgan fingerprint density at radius 2 is 1.86 bits per heavy atom. The highest BCUT2D eigenvalue weighted by atomic mass is 16.5. The van der Waals surface area contributed by atoms with E-state index < -0.39 is 52.8 Å². The van der Waals surface area contributed by atoms with Gasteiger partial charge in [0.2, 0.25) is 17.7 Å². The highest BCUT2D eigenvalue weighted by Crippen LogP contribution is 2.43. The van der Waals surface area contributed by atoms with Crippen LogP contribution in [0.25, 0.3) is 33.3 Å². The van der Waals surface area contributed by atoms with Gasteiger partial charge in [-0.1, -0.05) is 46.4 Å². The Morgan fingerprint density at radius 3 is 2.55 bits per heavy atom. The molecule has 5 heterocycles. The Hall–Kier alpha value is -6.53. The number of phenolic OH excluding ortho intramolecular Hbond substituents is 1. The number of phenols is 1. The van der Waals surface area contributed by atoms with Crippen molar-refractivity contribution in [2.75, 3.05) is 33.3 Å². The Balaban J connectivity index is 1.32. The molecule has 2 fully saturated rings. The first-order valence-electron chi connectivity index (χ1n) is 22.4. The lowest BCUT2D eigenvalue weighted by Gasteiger charge is -2.37. The molecule has 4 aromatic rings. The van der Waals surface area contributed by atoms with Crippen LogP contribution in [0.1, 0.15) is 71.9 Å². The van der Waals surface area contributed by atoms with Crippen LogP contribution < -0.4 is 10.7 Å². The van der Waals surface area contributed by atoms with E-state index in [1.807, 2.05) is 82.5 Å². The zero-order valence-corrected chi connectivity index (χ0v) is 38.4. The molecule has 3 N–H and O–H groups in total. The Labute approximate surface area is 380 Å². The zero-order chi connectivity index (χ0) is 47.0. The molecule has 6 bridgehead atoms. The van der Waals surface area contributed by atoms with Gasteiger partial charge in [-0.15, -0.1) is 0 Å². The van der Waals surface area contributed by atoms with Crippen molar-refractivity contribution in [3.63, 3.8) is 0 Å². The topological polar surface area (TPSA) is 190 Å². The molecule has 2 aromatic heterocycles. The van der Waals surface area contributed by atoms with Gasteiger partial charge in [-0.05, 0) is 110 Å². The molecule has 3 aliphatic heterocycles. The van der Waals surface area contributed by atoms with Crippen molar-refractivity contribution in [1.29, 1.82) is 5.26 Å². The molecule has 7 rings (SSSR count). The van der Waals surface area contributed by atoms with Crippen molar-refractivity contribution >= 4 is 40.5 Å². The van der Waals surface area contributed by atoms with E-state index in [4.69, 9.17) is 4.74 Å². The van der Waals surface area contributed by atoms with E-state index in [0.29, 0.717) is 43.4 Å². The third-order valence-electron chi connectivity index (χ3n) is 12.9. The van der Waals surface area contributed by atoms with Crippen molar-refractivity contribution in [2.45, 2.75) is 97.3 Å². The standard InChI is InChI=1S/C50H60N8O7/c1-9-42(60)56-19-16-34(27-56)46(62)55(8)43(30(2)3)45(61)53-40-22-31-20-35(23-36(59)21-31)32-14-15-41-37(24-32)38(44(33-12-10-17-52-26-33)58(41)50(6,7)28-51)25-49(4,5)29-65-48(64)39-13-11-18-57(54-39)47(40)63/h9-10,12,14-15,17,20-21,23-24,26,30,34,39-40,43,54,59H,1,11,13,16,18-19,22,25,27,29H2,2-8H3,(H,53,61)/t34-,39-,40-,43-/m0/s1. The molecule has 15 nitrogen and oxygen atoms in total. The molecule has 0 aliphatic carbocycles. The van der Waals surface area contributed by atoms with Gasteiger partial charge in [0.05, 0.1) is 29.8 Å². The van der Waals surface area contributed by atoms with E-state index in [0.717, 1.165) is 33.3 Å². The number of cyclic esters (lactones) is 1. The average molecular weight is 885 g/mol. The van der Waals surface area contributed by atoms with Crippen molar-refractivity contribution in [3.8, 4) is 34.2 Å². The van der Waals surface area contributed by atoms with Crippen LogP contribution in [-0.2, 0) is 47.1 Å². The van der Waals surface area contributed by atoms with Crippen LogP contribution in [0.2, 0.25) is 0 Å². The third-order valence-corrected chi connectivity index (χ3v) is 12.9. The van der Waals surface area contributed by atoms with Gasteiger partial charge in [0, 0.05) is 61.9 Å². The number of hydrazine groups is 1. The number of nitrogens with one attached hydrogen (secondary N) is 2. The molecule has 0 spiro atoms. The molecule has 0 saturated carbocycles. The van der Waals surface area contributed by atoms with E-state index in [2.05, 4.69) is 28.4 Å². The van der Waals surface area contributed by atoms with Crippen LogP contribution in [-0.4, -0.2) is 110 Å². The maximum absolute atomic E-state index is 14.7. The largest absolute Gasteiger partial charge is 0.508 e. The third kappa shape index (κ3) is 9.64. The molecule has 342 valence electrons. The second-order valence-electron chi connectivity index (χ2n) is 19.3. The number of esters is 1. The number of pyridine rings is 1. The summed E-state index contributed by atoms with van der Waals surface area (Å²) in [5.74, 6) is -3.01. The summed E-state index contributed by atoms with van der Waals surface area (Å²) in [5.41, 5.74) is 6.88. The van der Waals surface area contributed by atoms with Gasteiger partial charge in [0.1, 0.15) is 29.4 Å². The smallest absolute Gasteiger partial charge is 0.324 e. The van der Waals surface area contributed by atoms with Crippen molar-refractivity contribution in [2.24, 2.45) is 17.3 Å². The van der Waals surface area contributed by atoms with Crippen LogP contribution >= 0.6 is 0 Å². The molecule has 4 amide bonds. The number of rotatable bonds is 8. The summed E-state index contributed by atoms with van der Waals surface area (Å²) < 4.78 is 8.10. The normalized spacial score (nSPS) is 20.7. The van der Waals surface area contributed by atoms with E-state index in [-0.39, 0.29) is 49.6 Å². The maximum atomic E-state index is 14.7. The molecular formula is C50H60N8O7. The quantitative estimate of drug-likeness (QED) is 0.151. The lowest BCUT2D eigenvalue weighted by molar-refractivity contribution is -0.155. The van der Waals surface area contributed by atoms with E-state index >= 15 is 0 Å². The van der Waals surface area contributed by atoms with Crippen LogP contribution in [0.3, 0.4) is 0 Å². The molecule has 2 aromatic carbocycles. The monoisotopic (exact) mass is 884 g/mol. The number of carbonyl (C=O) groups is 5. The zero-order valence-electron chi connectivity index (χ0n) is 38.4. The summed E-state index contributed by atoms with van der Waals surface area (Å²) in [6.45, 7) is 15.9. The van der Waals surface area contributed by atoms with E-state index in [1.165, 1.54) is 16.0 Å². The van der Waals surface area contributed by atoms with Crippen LogP contribution in [0.5, 0.6) is 5.75 Å². The number of aromatic hydroxyl groups is 1. The predicted octanol–water partition coefficient (Wildman–Crippen LogP) is 5.50. The molecule has 2 saturated heterocycles. The molecule has 0 radical (unpaired) electrons.